The Bertz CT molecular complexity index is 846. The van der Waals surface area contributed by atoms with Gasteiger partial charge >= 0.3 is 0 Å². The molecule has 0 spiro atoms. The molecule has 2 rings (SSSR count). The summed E-state index contributed by atoms with van der Waals surface area (Å²) >= 11 is 5.88. The van der Waals surface area contributed by atoms with Gasteiger partial charge in [-0.3, -0.25) is 9.10 Å². The number of carbonyl (C=O) groups excluding carboxylic acids is 1. The van der Waals surface area contributed by atoms with Crippen LogP contribution in [0.2, 0.25) is 5.02 Å². The average Bonchev–Trinajstić information content (AvgIpc) is 2.42. The third-order valence-corrected chi connectivity index (χ3v) is 4.67. The van der Waals surface area contributed by atoms with Gasteiger partial charge in [-0.05, 0) is 55.3 Å². The van der Waals surface area contributed by atoms with E-state index in [1.807, 2.05) is 19.9 Å². The maximum atomic E-state index is 12.3. The molecule has 0 aliphatic rings. The molecule has 2 aromatic rings. The number of rotatable bonds is 5. The number of sulfonamides is 1. The van der Waals surface area contributed by atoms with Crippen LogP contribution in [0.1, 0.15) is 11.1 Å². The van der Waals surface area contributed by atoms with E-state index >= 15 is 0 Å². The lowest BCUT2D eigenvalue weighted by Crippen LogP contribution is -2.37. The van der Waals surface area contributed by atoms with Gasteiger partial charge in [0.2, 0.25) is 15.9 Å². The van der Waals surface area contributed by atoms with E-state index in [0.29, 0.717) is 16.4 Å². The van der Waals surface area contributed by atoms with E-state index in [4.69, 9.17) is 11.6 Å². The molecule has 0 aromatic heterocycles. The van der Waals surface area contributed by atoms with Crippen LogP contribution in [-0.4, -0.2) is 27.1 Å². The first-order valence-corrected chi connectivity index (χ1v) is 9.49. The van der Waals surface area contributed by atoms with Crippen molar-refractivity contribution in [2.75, 3.05) is 22.4 Å². The molecule has 7 heteroatoms. The van der Waals surface area contributed by atoms with Gasteiger partial charge in [-0.15, -0.1) is 0 Å². The maximum Gasteiger partial charge on any atom is 0.245 e. The number of carbonyl (C=O) groups is 1. The molecule has 128 valence electrons. The van der Waals surface area contributed by atoms with E-state index in [9.17, 15) is 13.2 Å². The van der Waals surface area contributed by atoms with Gasteiger partial charge in [0.25, 0.3) is 0 Å². The number of aryl methyl sites for hydroxylation is 2. The van der Waals surface area contributed by atoms with Gasteiger partial charge in [0.1, 0.15) is 6.54 Å². The van der Waals surface area contributed by atoms with Gasteiger partial charge < -0.3 is 5.32 Å². The summed E-state index contributed by atoms with van der Waals surface area (Å²) in [5.74, 6) is -0.443. The predicted molar refractivity (Wildman–Crippen MR) is 98.2 cm³/mol. The predicted octanol–water partition coefficient (Wildman–Crippen LogP) is 3.36. The molecule has 0 fully saturated rings. The standard InChI is InChI=1S/C17H19ClN2O3S/c1-12-7-13(2)9-16(8-12)20(24(3,22)23)11-17(21)19-15-6-4-5-14(18)10-15/h4-10H,11H2,1-3H3,(H,19,21). The van der Waals surface area contributed by atoms with E-state index in [1.54, 1.807) is 36.4 Å². The summed E-state index contributed by atoms with van der Waals surface area (Å²) in [4.78, 5) is 12.3. The number of benzene rings is 2. The Morgan fingerprint density at radius 2 is 1.75 bits per heavy atom. The molecule has 0 radical (unpaired) electrons. The number of amides is 1. The highest BCUT2D eigenvalue weighted by molar-refractivity contribution is 7.92. The summed E-state index contributed by atoms with van der Waals surface area (Å²) in [6.45, 7) is 3.44. The van der Waals surface area contributed by atoms with Gasteiger partial charge in [-0.25, -0.2) is 8.42 Å². The fraction of sp³-hybridized carbons (Fsp3) is 0.235. The number of halogens is 1. The normalized spacial score (nSPS) is 11.2. The molecule has 0 aliphatic carbocycles. The molecule has 0 atom stereocenters. The van der Waals surface area contributed by atoms with Crippen molar-refractivity contribution in [2.45, 2.75) is 13.8 Å². The van der Waals surface area contributed by atoms with Crippen LogP contribution in [0.25, 0.3) is 0 Å². The molecular formula is C17H19ClN2O3S. The Labute approximate surface area is 147 Å². The van der Waals surface area contributed by atoms with E-state index < -0.39 is 15.9 Å². The fourth-order valence-corrected chi connectivity index (χ4v) is 3.42. The van der Waals surface area contributed by atoms with Crippen LogP contribution in [0.15, 0.2) is 42.5 Å². The topological polar surface area (TPSA) is 66.5 Å². The van der Waals surface area contributed by atoms with E-state index in [0.717, 1.165) is 21.7 Å². The monoisotopic (exact) mass is 366 g/mol. The minimum Gasteiger partial charge on any atom is -0.324 e. The lowest BCUT2D eigenvalue weighted by atomic mass is 10.1. The number of anilines is 2. The highest BCUT2D eigenvalue weighted by Gasteiger charge is 2.21. The quantitative estimate of drug-likeness (QED) is 0.882. The molecular weight excluding hydrogens is 348 g/mol. The second kappa shape index (κ2) is 7.23. The molecule has 1 N–H and O–H groups in total. The lowest BCUT2D eigenvalue weighted by molar-refractivity contribution is -0.114. The van der Waals surface area contributed by atoms with Crippen molar-refractivity contribution < 1.29 is 13.2 Å². The number of nitrogens with one attached hydrogen (secondary N) is 1. The highest BCUT2D eigenvalue weighted by atomic mass is 35.5. The third-order valence-electron chi connectivity index (χ3n) is 3.29. The first-order chi connectivity index (χ1) is 11.1. The number of hydrogen-bond acceptors (Lipinski definition) is 3. The Hall–Kier alpha value is -2.05. The first kappa shape index (κ1) is 18.3. The smallest absolute Gasteiger partial charge is 0.245 e. The Balaban J connectivity index is 2.25. The third kappa shape index (κ3) is 4.97. The van der Waals surface area contributed by atoms with Crippen molar-refractivity contribution in [3.8, 4) is 0 Å². The minimum atomic E-state index is -3.60. The molecule has 24 heavy (non-hydrogen) atoms. The zero-order chi connectivity index (χ0) is 17.9. The Kier molecular flexibility index (Phi) is 5.51. The molecule has 0 bridgehead atoms. The molecule has 2 aromatic carbocycles. The van der Waals surface area contributed by atoms with E-state index in [1.165, 1.54) is 0 Å². The highest BCUT2D eigenvalue weighted by Crippen LogP contribution is 2.21. The summed E-state index contributed by atoms with van der Waals surface area (Å²) in [5, 5.41) is 3.14. The number of nitrogens with zero attached hydrogens (tertiary/aromatic N) is 1. The fourth-order valence-electron chi connectivity index (χ4n) is 2.39. The van der Waals surface area contributed by atoms with Gasteiger partial charge in [-0.1, -0.05) is 23.7 Å². The van der Waals surface area contributed by atoms with Gasteiger partial charge in [0, 0.05) is 10.7 Å². The van der Waals surface area contributed by atoms with Crippen LogP contribution in [0.5, 0.6) is 0 Å². The zero-order valence-corrected chi connectivity index (χ0v) is 15.3. The van der Waals surface area contributed by atoms with Gasteiger partial charge in [0.15, 0.2) is 0 Å². The Morgan fingerprint density at radius 3 is 2.29 bits per heavy atom. The van der Waals surface area contributed by atoms with Crippen molar-refractivity contribution in [3.05, 3.63) is 58.6 Å². The van der Waals surface area contributed by atoms with Crippen molar-refractivity contribution in [1.29, 1.82) is 0 Å². The first-order valence-electron chi connectivity index (χ1n) is 7.26. The molecule has 0 aliphatic heterocycles. The van der Waals surface area contributed by atoms with Crippen LogP contribution in [0.3, 0.4) is 0 Å². The molecule has 0 saturated heterocycles. The van der Waals surface area contributed by atoms with Crippen LogP contribution in [-0.2, 0) is 14.8 Å². The van der Waals surface area contributed by atoms with E-state index in [2.05, 4.69) is 5.32 Å². The van der Waals surface area contributed by atoms with Crippen LogP contribution in [0.4, 0.5) is 11.4 Å². The van der Waals surface area contributed by atoms with Gasteiger partial charge in [-0.2, -0.15) is 0 Å². The van der Waals surface area contributed by atoms with E-state index in [-0.39, 0.29) is 6.54 Å². The molecule has 0 unspecified atom stereocenters. The number of hydrogen-bond donors (Lipinski definition) is 1. The molecule has 5 nitrogen and oxygen atoms in total. The van der Waals surface area contributed by atoms with Crippen LogP contribution < -0.4 is 9.62 Å². The van der Waals surface area contributed by atoms with Crippen molar-refractivity contribution >= 4 is 38.9 Å². The summed E-state index contributed by atoms with van der Waals surface area (Å²) in [6, 6.07) is 12.1. The summed E-state index contributed by atoms with van der Waals surface area (Å²) < 4.78 is 25.3. The van der Waals surface area contributed by atoms with Gasteiger partial charge in [0.05, 0.1) is 11.9 Å². The van der Waals surface area contributed by atoms with Crippen molar-refractivity contribution in [3.63, 3.8) is 0 Å². The summed E-state index contributed by atoms with van der Waals surface area (Å²) in [7, 11) is -3.60. The van der Waals surface area contributed by atoms with Crippen LogP contribution >= 0.6 is 11.6 Å². The van der Waals surface area contributed by atoms with Crippen molar-refractivity contribution in [1.82, 2.24) is 0 Å². The molecule has 1 amide bonds. The second-order valence-electron chi connectivity index (χ2n) is 5.67. The maximum absolute atomic E-state index is 12.3. The van der Waals surface area contributed by atoms with Crippen LogP contribution in [0, 0.1) is 13.8 Å². The summed E-state index contributed by atoms with van der Waals surface area (Å²) in [5.41, 5.74) is 2.83. The Morgan fingerprint density at radius 1 is 1.12 bits per heavy atom. The average molecular weight is 367 g/mol. The second-order valence-corrected chi connectivity index (χ2v) is 8.02. The summed E-state index contributed by atoms with van der Waals surface area (Å²) in [6.07, 6.45) is 1.08. The van der Waals surface area contributed by atoms with Crippen molar-refractivity contribution in [2.24, 2.45) is 0 Å². The molecule has 0 heterocycles. The minimum absolute atomic E-state index is 0.311. The molecule has 0 saturated carbocycles. The zero-order valence-electron chi connectivity index (χ0n) is 13.7. The lowest BCUT2D eigenvalue weighted by Gasteiger charge is -2.22. The largest absolute Gasteiger partial charge is 0.324 e. The SMILES string of the molecule is Cc1cc(C)cc(N(CC(=O)Nc2cccc(Cl)c2)S(C)(=O)=O)c1.